The molecule has 0 saturated heterocycles. The Hall–Kier alpha value is -2.56. The zero-order chi connectivity index (χ0) is 14.0. The summed E-state index contributed by atoms with van der Waals surface area (Å²) in [5.41, 5.74) is -0.165. The summed E-state index contributed by atoms with van der Waals surface area (Å²) in [4.78, 5) is 23.0. The minimum Gasteiger partial charge on any atom is -0.506 e. The van der Waals surface area contributed by atoms with Crippen molar-refractivity contribution in [3.63, 3.8) is 0 Å². The van der Waals surface area contributed by atoms with E-state index >= 15 is 0 Å². The van der Waals surface area contributed by atoms with Crippen LogP contribution in [-0.4, -0.2) is 18.2 Å². The SMILES string of the molecule is COC(=O)/C=C(/C)c1c(O)c2ccccc2oc1=O. The number of para-hydroxylation sites is 1. The Morgan fingerprint density at radius 2 is 2.05 bits per heavy atom. The molecular formula is C14H12O5. The largest absolute Gasteiger partial charge is 0.506 e. The second-order valence-corrected chi connectivity index (χ2v) is 3.96. The number of carbonyl (C=O) groups is 1. The minimum absolute atomic E-state index is 0.0379. The number of allylic oxidation sites excluding steroid dienone is 1. The highest BCUT2D eigenvalue weighted by molar-refractivity contribution is 5.94. The molecule has 0 radical (unpaired) electrons. The molecule has 1 N–H and O–H groups in total. The summed E-state index contributed by atoms with van der Waals surface area (Å²) in [6, 6.07) is 6.62. The molecule has 2 aromatic rings. The number of methoxy groups -OCH3 is 1. The lowest BCUT2D eigenvalue weighted by atomic mass is 10.1. The van der Waals surface area contributed by atoms with Crippen molar-refractivity contribution in [3.05, 3.63) is 46.3 Å². The van der Waals surface area contributed by atoms with E-state index in [2.05, 4.69) is 4.74 Å². The van der Waals surface area contributed by atoms with Crippen LogP contribution in [0.1, 0.15) is 12.5 Å². The van der Waals surface area contributed by atoms with Crippen molar-refractivity contribution in [2.75, 3.05) is 7.11 Å². The summed E-state index contributed by atoms with van der Waals surface area (Å²) in [7, 11) is 1.23. The molecule has 1 aromatic heterocycles. The van der Waals surface area contributed by atoms with Crippen LogP contribution < -0.4 is 5.63 Å². The van der Waals surface area contributed by atoms with Crippen LogP contribution in [0.25, 0.3) is 16.5 Å². The van der Waals surface area contributed by atoms with Gasteiger partial charge in [-0.1, -0.05) is 12.1 Å². The summed E-state index contributed by atoms with van der Waals surface area (Å²) < 4.78 is 9.58. The Bertz CT molecular complexity index is 724. The van der Waals surface area contributed by atoms with Gasteiger partial charge >= 0.3 is 11.6 Å². The molecular weight excluding hydrogens is 248 g/mol. The smallest absolute Gasteiger partial charge is 0.347 e. The van der Waals surface area contributed by atoms with Crippen LogP contribution in [0, 0.1) is 0 Å². The monoisotopic (exact) mass is 260 g/mol. The Labute approximate surface area is 108 Å². The van der Waals surface area contributed by atoms with Crippen molar-refractivity contribution in [2.45, 2.75) is 6.92 Å². The van der Waals surface area contributed by atoms with E-state index in [0.717, 1.165) is 6.08 Å². The van der Waals surface area contributed by atoms with Crippen LogP contribution >= 0.6 is 0 Å². The molecule has 0 aliphatic carbocycles. The molecule has 0 aliphatic rings. The first kappa shape index (κ1) is 12.9. The van der Waals surface area contributed by atoms with E-state index < -0.39 is 11.6 Å². The molecule has 2 rings (SSSR count). The lowest BCUT2D eigenvalue weighted by molar-refractivity contribution is -0.134. The highest BCUT2D eigenvalue weighted by Gasteiger charge is 2.15. The number of carbonyl (C=O) groups excluding carboxylic acids is 1. The standard InChI is InChI=1S/C14H12O5/c1-8(7-11(15)18-2)12-13(16)9-5-3-4-6-10(9)19-14(12)17/h3-7,16H,1-2H3/b8-7-. The van der Waals surface area contributed by atoms with Crippen molar-refractivity contribution in [3.8, 4) is 5.75 Å². The molecule has 1 aromatic carbocycles. The molecule has 0 fully saturated rings. The first-order valence-electron chi connectivity index (χ1n) is 5.56. The topological polar surface area (TPSA) is 76.7 Å². The summed E-state index contributed by atoms with van der Waals surface area (Å²) in [6.07, 6.45) is 1.13. The maximum absolute atomic E-state index is 11.8. The third-order valence-electron chi connectivity index (χ3n) is 2.72. The third-order valence-corrected chi connectivity index (χ3v) is 2.72. The van der Waals surface area contributed by atoms with Gasteiger partial charge in [-0.05, 0) is 24.6 Å². The van der Waals surface area contributed by atoms with Gasteiger partial charge in [-0.15, -0.1) is 0 Å². The number of aromatic hydroxyl groups is 1. The van der Waals surface area contributed by atoms with Gasteiger partial charge in [0.05, 0.1) is 12.5 Å². The number of fused-ring (bicyclic) bond motifs is 1. The number of hydrogen-bond donors (Lipinski definition) is 1. The molecule has 5 heteroatoms. The van der Waals surface area contributed by atoms with E-state index in [0.29, 0.717) is 11.0 Å². The van der Waals surface area contributed by atoms with Gasteiger partial charge in [-0.25, -0.2) is 9.59 Å². The number of benzene rings is 1. The van der Waals surface area contributed by atoms with Crippen LogP contribution in [0.2, 0.25) is 0 Å². The highest BCUT2D eigenvalue weighted by atomic mass is 16.5. The zero-order valence-corrected chi connectivity index (χ0v) is 10.5. The molecule has 19 heavy (non-hydrogen) atoms. The average Bonchev–Trinajstić information content (AvgIpc) is 2.38. The summed E-state index contributed by atoms with van der Waals surface area (Å²) in [5, 5.41) is 10.5. The second-order valence-electron chi connectivity index (χ2n) is 3.96. The maximum atomic E-state index is 11.8. The van der Waals surface area contributed by atoms with E-state index in [9.17, 15) is 14.7 Å². The molecule has 0 unspecified atom stereocenters. The van der Waals surface area contributed by atoms with Crippen LogP contribution in [0.5, 0.6) is 5.75 Å². The first-order valence-corrected chi connectivity index (χ1v) is 5.56. The minimum atomic E-state index is -0.700. The van der Waals surface area contributed by atoms with Crippen LogP contribution in [0.3, 0.4) is 0 Å². The Morgan fingerprint density at radius 1 is 1.37 bits per heavy atom. The zero-order valence-electron chi connectivity index (χ0n) is 10.5. The normalized spacial score (nSPS) is 11.6. The van der Waals surface area contributed by atoms with Gasteiger partial charge in [-0.2, -0.15) is 0 Å². The first-order chi connectivity index (χ1) is 9.04. The molecule has 0 amide bonds. The van der Waals surface area contributed by atoms with Crippen molar-refractivity contribution in [1.82, 2.24) is 0 Å². The van der Waals surface area contributed by atoms with Gasteiger partial charge < -0.3 is 14.3 Å². The number of hydrogen-bond acceptors (Lipinski definition) is 5. The Morgan fingerprint density at radius 3 is 2.74 bits per heavy atom. The Kier molecular flexibility index (Phi) is 3.37. The summed E-state index contributed by atoms with van der Waals surface area (Å²) >= 11 is 0. The molecule has 0 aliphatic heterocycles. The fourth-order valence-electron chi connectivity index (χ4n) is 1.79. The quantitative estimate of drug-likeness (QED) is 0.508. The molecule has 98 valence electrons. The number of rotatable bonds is 2. The summed E-state index contributed by atoms with van der Waals surface area (Å²) in [5.74, 6) is -0.811. The van der Waals surface area contributed by atoms with Crippen molar-refractivity contribution in [2.24, 2.45) is 0 Å². The van der Waals surface area contributed by atoms with Gasteiger partial charge in [0.1, 0.15) is 16.9 Å². The van der Waals surface area contributed by atoms with Gasteiger partial charge in [0.25, 0.3) is 0 Å². The third kappa shape index (κ3) is 2.35. The predicted molar refractivity (Wildman–Crippen MR) is 69.8 cm³/mol. The van der Waals surface area contributed by atoms with E-state index in [1.807, 2.05) is 0 Å². The number of ether oxygens (including phenoxy) is 1. The molecule has 0 atom stereocenters. The maximum Gasteiger partial charge on any atom is 0.347 e. The number of esters is 1. The van der Waals surface area contributed by atoms with Crippen LogP contribution in [-0.2, 0) is 9.53 Å². The van der Waals surface area contributed by atoms with Crippen LogP contribution in [0.4, 0.5) is 0 Å². The lowest BCUT2D eigenvalue weighted by Crippen LogP contribution is -2.07. The molecule has 0 bridgehead atoms. The van der Waals surface area contributed by atoms with Gasteiger partial charge in [-0.3, -0.25) is 0 Å². The van der Waals surface area contributed by atoms with E-state index in [1.165, 1.54) is 14.0 Å². The molecule has 0 spiro atoms. The van der Waals surface area contributed by atoms with Gasteiger partial charge in [0.2, 0.25) is 0 Å². The second kappa shape index (κ2) is 4.97. The average molecular weight is 260 g/mol. The summed E-state index contributed by atoms with van der Waals surface area (Å²) in [6.45, 7) is 1.53. The van der Waals surface area contributed by atoms with Crippen molar-refractivity contribution in [1.29, 1.82) is 0 Å². The van der Waals surface area contributed by atoms with E-state index in [1.54, 1.807) is 24.3 Å². The molecule has 5 nitrogen and oxygen atoms in total. The predicted octanol–water partition coefficient (Wildman–Crippen LogP) is 2.07. The fraction of sp³-hybridized carbons (Fsp3) is 0.143. The lowest BCUT2D eigenvalue weighted by Gasteiger charge is -2.06. The molecule has 0 saturated carbocycles. The van der Waals surface area contributed by atoms with Crippen LogP contribution in [0.15, 0.2) is 39.6 Å². The fourth-order valence-corrected chi connectivity index (χ4v) is 1.79. The van der Waals surface area contributed by atoms with E-state index in [4.69, 9.17) is 4.42 Å². The van der Waals surface area contributed by atoms with Gasteiger partial charge in [0.15, 0.2) is 0 Å². The van der Waals surface area contributed by atoms with Gasteiger partial charge in [0, 0.05) is 6.08 Å². The molecule has 1 heterocycles. The van der Waals surface area contributed by atoms with Crippen molar-refractivity contribution >= 4 is 22.5 Å². The Balaban J connectivity index is 2.71. The van der Waals surface area contributed by atoms with E-state index in [-0.39, 0.29) is 16.9 Å². The highest BCUT2D eigenvalue weighted by Crippen LogP contribution is 2.29. The van der Waals surface area contributed by atoms with Crippen molar-refractivity contribution < 1.29 is 19.1 Å².